The lowest BCUT2D eigenvalue weighted by Gasteiger charge is -2.23. The van der Waals surface area contributed by atoms with Crippen LogP contribution in [0.15, 0.2) is 24.3 Å². The van der Waals surface area contributed by atoms with Crippen LogP contribution in [0, 0.1) is 0 Å². The molecular formula is C12H15ClO3. The Morgan fingerprint density at radius 1 is 1.50 bits per heavy atom. The molecule has 1 aliphatic heterocycles. The molecule has 1 aromatic rings. The lowest BCUT2D eigenvalue weighted by atomic mass is 10.1. The Hall–Kier alpha value is -0.610. The maximum atomic E-state index is 8.99. The molecule has 0 spiro atoms. The maximum Gasteiger partial charge on any atom is 0.170 e. The standard InChI is InChI=1S/C12H15ClO3/c1-12(15-8-10(7-14)16-12)6-9-4-2-3-5-11(9)13/h2-5,10,14H,6-8H2,1H3. The molecule has 0 bridgehead atoms. The van der Waals surface area contributed by atoms with Gasteiger partial charge in [-0.25, -0.2) is 0 Å². The molecule has 0 aromatic heterocycles. The van der Waals surface area contributed by atoms with Gasteiger partial charge in [0.25, 0.3) is 0 Å². The highest BCUT2D eigenvalue weighted by atomic mass is 35.5. The first-order valence-corrected chi connectivity index (χ1v) is 5.67. The summed E-state index contributed by atoms with van der Waals surface area (Å²) in [6.45, 7) is 2.28. The van der Waals surface area contributed by atoms with Crippen LogP contribution in [-0.4, -0.2) is 30.2 Å². The van der Waals surface area contributed by atoms with Crippen molar-refractivity contribution >= 4 is 11.6 Å². The number of rotatable bonds is 3. The van der Waals surface area contributed by atoms with Crippen molar-refractivity contribution in [3.8, 4) is 0 Å². The Morgan fingerprint density at radius 3 is 2.88 bits per heavy atom. The molecule has 88 valence electrons. The highest BCUT2D eigenvalue weighted by Gasteiger charge is 2.37. The summed E-state index contributed by atoms with van der Waals surface area (Å²) in [7, 11) is 0. The minimum Gasteiger partial charge on any atom is -0.394 e. The third kappa shape index (κ3) is 2.55. The number of ether oxygens (including phenoxy) is 2. The molecule has 0 radical (unpaired) electrons. The smallest absolute Gasteiger partial charge is 0.170 e. The fourth-order valence-electron chi connectivity index (χ4n) is 1.86. The average Bonchev–Trinajstić information content (AvgIpc) is 2.64. The van der Waals surface area contributed by atoms with Crippen LogP contribution in [-0.2, 0) is 15.9 Å². The average molecular weight is 243 g/mol. The number of hydrogen-bond donors (Lipinski definition) is 1. The summed E-state index contributed by atoms with van der Waals surface area (Å²) in [5.41, 5.74) is 0.991. The molecule has 0 saturated carbocycles. The van der Waals surface area contributed by atoms with E-state index in [0.29, 0.717) is 18.1 Å². The molecular weight excluding hydrogens is 228 g/mol. The first-order valence-electron chi connectivity index (χ1n) is 5.29. The number of aliphatic hydroxyl groups is 1. The fraction of sp³-hybridized carbons (Fsp3) is 0.500. The molecule has 3 nitrogen and oxygen atoms in total. The highest BCUT2D eigenvalue weighted by Crippen LogP contribution is 2.29. The number of benzene rings is 1. The normalized spacial score (nSPS) is 29.6. The van der Waals surface area contributed by atoms with Crippen molar-refractivity contribution < 1.29 is 14.6 Å². The minimum absolute atomic E-state index is 0.0158. The van der Waals surface area contributed by atoms with Crippen molar-refractivity contribution in [3.63, 3.8) is 0 Å². The monoisotopic (exact) mass is 242 g/mol. The number of halogens is 1. The molecule has 4 heteroatoms. The molecule has 16 heavy (non-hydrogen) atoms. The van der Waals surface area contributed by atoms with Gasteiger partial charge in [-0.3, -0.25) is 0 Å². The van der Waals surface area contributed by atoms with Crippen molar-refractivity contribution in [2.45, 2.75) is 25.2 Å². The van der Waals surface area contributed by atoms with Crippen molar-refractivity contribution in [2.75, 3.05) is 13.2 Å². The first kappa shape index (κ1) is 11.9. The number of hydrogen-bond acceptors (Lipinski definition) is 3. The molecule has 1 aliphatic rings. The van der Waals surface area contributed by atoms with Crippen molar-refractivity contribution in [1.29, 1.82) is 0 Å². The summed E-state index contributed by atoms with van der Waals surface area (Å²) in [6.07, 6.45) is 0.357. The molecule has 2 unspecified atom stereocenters. The largest absolute Gasteiger partial charge is 0.394 e. The van der Waals surface area contributed by atoms with Crippen LogP contribution in [0.25, 0.3) is 0 Å². The van der Waals surface area contributed by atoms with E-state index in [1.54, 1.807) is 0 Å². The van der Waals surface area contributed by atoms with Crippen LogP contribution in [0.3, 0.4) is 0 Å². The van der Waals surface area contributed by atoms with Crippen LogP contribution in [0.1, 0.15) is 12.5 Å². The lowest BCUT2D eigenvalue weighted by Crippen LogP contribution is -2.30. The van der Waals surface area contributed by atoms with Gasteiger partial charge in [-0.1, -0.05) is 29.8 Å². The van der Waals surface area contributed by atoms with E-state index in [-0.39, 0.29) is 12.7 Å². The summed E-state index contributed by atoms with van der Waals surface area (Å²) in [6, 6.07) is 7.62. The molecule has 1 fully saturated rings. The molecule has 0 amide bonds. The quantitative estimate of drug-likeness (QED) is 0.881. The van der Waals surface area contributed by atoms with E-state index in [1.165, 1.54) is 0 Å². The van der Waals surface area contributed by atoms with Gasteiger partial charge in [0.1, 0.15) is 6.10 Å². The molecule has 2 rings (SSSR count). The summed E-state index contributed by atoms with van der Waals surface area (Å²) in [5, 5.41) is 9.70. The molecule has 1 heterocycles. The predicted octanol–water partition coefficient (Wildman–Crippen LogP) is 2.01. The van der Waals surface area contributed by atoms with E-state index in [4.69, 9.17) is 26.2 Å². The van der Waals surface area contributed by atoms with E-state index >= 15 is 0 Å². The van der Waals surface area contributed by atoms with Gasteiger partial charge in [0.05, 0.1) is 13.2 Å². The van der Waals surface area contributed by atoms with E-state index in [2.05, 4.69) is 0 Å². The van der Waals surface area contributed by atoms with E-state index in [0.717, 1.165) is 5.56 Å². The van der Waals surface area contributed by atoms with Gasteiger partial charge in [0.2, 0.25) is 0 Å². The number of aliphatic hydroxyl groups excluding tert-OH is 1. The van der Waals surface area contributed by atoms with Crippen LogP contribution >= 0.6 is 11.6 Å². The SMILES string of the molecule is CC1(Cc2ccccc2Cl)OCC(CO)O1. The van der Waals surface area contributed by atoms with Crippen molar-refractivity contribution in [2.24, 2.45) is 0 Å². The second-order valence-electron chi connectivity index (χ2n) is 4.14. The Morgan fingerprint density at radius 2 is 2.25 bits per heavy atom. The van der Waals surface area contributed by atoms with Gasteiger partial charge in [-0.2, -0.15) is 0 Å². The first-order chi connectivity index (χ1) is 7.63. The van der Waals surface area contributed by atoms with Gasteiger partial charge in [-0.15, -0.1) is 0 Å². The Kier molecular flexibility index (Phi) is 3.50. The van der Waals surface area contributed by atoms with Crippen molar-refractivity contribution in [3.05, 3.63) is 34.9 Å². The second kappa shape index (κ2) is 4.72. The maximum absolute atomic E-state index is 8.99. The summed E-state index contributed by atoms with van der Waals surface area (Å²) < 4.78 is 11.2. The van der Waals surface area contributed by atoms with Crippen LogP contribution in [0.4, 0.5) is 0 Å². The van der Waals surface area contributed by atoms with Gasteiger partial charge >= 0.3 is 0 Å². The predicted molar refractivity (Wildman–Crippen MR) is 61.5 cm³/mol. The third-order valence-electron chi connectivity index (χ3n) is 2.66. The van der Waals surface area contributed by atoms with Gasteiger partial charge in [0.15, 0.2) is 5.79 Å². The Balaban J connectivity index is 2.08. The third-order valence-corrected chi connectivity index (χ3v) is 3.03. The zero-order valence-corrected chi connectivity index (χ0v) is 9.91. The zero-order valence-electron chi connectivity index (χ0n) is 9.15. The molecule has 2 atom stereocenters. The molecule has 1 aromatic carbocycles. The Bertz CT molecular complexity index is 369. The van der Waals surface area contributed by atoms with E-state index in [1.807, 2.05) is 31.2 Å². The van der Waals surface area contributed by atoms with Gasteiger partial charge < -0.3 is 14.6 Å². The molecule has 0 aliphatic carbocycles. The van der Waals surface area contributed by atoms with Crippen LogP contribution in [0.5, 0.6) is 0 Å². The van der Waals surface area contributed by atoms with E-state index < -0.39 is 5.79 Å². The molecule has 1 N–H and O–H groups in total. The van der Waals surface area contributed by atoms with Gasteiger partial charge in [-0.05, 0) is 18.6 Å². The van der Waals surface area contributed by atoms with Crippen molar-refractivity contribution in [1.82, 2.24) is 0 Å². The lowest BCUT2D eigenvalue weighted by molar-refractivity contribution is -0.156. The molecule has 1 saturated heterocycles. The van der Waals surface area contributed by atoms with Gasteiger partial charge in [0, 0.05) is 11.4 Å². The highest BCUT2D eigenvalue weighted by molar-refractivity contribution is 6.31. The zero-order chi connectivity index (χ0) is 11.6. The van der Waals surface area contributed by atoms with Crippen LogP contribution in [0.2, 0.25) is 5.02 Å². The fourth-order valence-corrected chi connectivity index (χ4v) is 2.06. The summed E-state index contributed by atoms with van der Waals surface area (Å²) in [4.78, 5) is 0. The Labute approximate surface area is 99.9 Å². The van der Waals surface area contributed by atoms with Crippen LogP contribution < -0.4 is 0 Å². The summed E-state index contributed by atoms with van der Waals surface area (Å²) >= 11 is 6.07. The second-order valence-corrected chi connectivity index (χ2v) is 4.54. The van der Waals surface area contributed by atoms with E-state index in [9.17, 15) is 0 Å². The minimum atomic E-state index is -0.682. The summed E-state index contributed by atoms with van der Waals surface area (Å²) in [5.74, 6) is -0.682. The topological polar surface area (TPSA) is 38.7 Å².